The smallest absolute Gasteiger partial charge is 0.338 e. The van der Waals surface area contributed by atoms with Gasteiger partial charge in [0.2, 0.25) is 5.91 Å². The Hall–Kier alpha value is -3.93. The zero-order chi connectivity index (χ0) is 20.6. The predicted molar refractivity (Wildman–Crippen MR) is 112 cm³/mol. The van der Waals surface area contributed by atoms with Gasteiger partial charge in [0, 0.05) is 23.9 Å². The molecule has 0 saturated heterocycles. The van der Waals surface area contributed by atoms with Crippen molar-refractivity contribution in [2.45, 2.75) is 6.92 Å². The highest BCUT2D eigenvalue weighted by Gasteiger charge is 2.13. The molecule has 0 unspecified atom stereocenters. The fourth-order valence-corrected chi connectivity index (χ4v) is 2.79. The number of ether oxygens (including phenoxy) is 1. The molecule has 146 valence electrons. The normalized spacial score (nSPS) is 10.1. The van der Waals surface area contributed by atoms with Crippen molar-refractivity contribution in [2.24, 2.45) is 0 Å². The molecular weight excluding hydrogens is 368 g/mol. The molecule has 0 saturated carbocycles. The number of benzene rings is 3. The summed E-state index contributed by atoms with van der Waals surface area (Å²) in [5.74, 6) is -1.34. The van der Waals surface area contributed by atoms with Gasteiger partial charge in [0.05, 0.1) is 5.56 Å². The molecule has 29 heavy (non-hydrogen) atoms. The Bertz CT molecular complexity index is 1030. The van der Waals surface area contributed by atoms with Gasteiger partial charge in [-0.3, -0.25) is 9.59 Å². The Morgan fingerprint density at radius 1 is 0.828 bits per heavy atom. The molecule has 0 spiro atoms. The lowest BCUT2D eigenvalue weighted by Crippen LogP contribution is -2.21. The molecule has 0 aromatic heterocycles. The van der Waals surface area contributed by atoms with Crippen LogP contribution in [-0.2, 0) is 14.3 Å². The Kier molecular flexibility index (Phi) is 6.37. The lowest BCUT2D eigenvalue weighted by atomic mass is 10.0. The van der Waals surface area contributed by atoms with E-state index in [2.05, 4.69) is 10.6 Å². The average Bonchev–Trinajstić information content (AvgIpc) is 2.73. The molecule has 2 amide bonds. The van der Waals surface area contributed by atoms with Gasteiger partial charge in [-0.05, 0) is 29.8 Å². The molecule has 6 heteroatoms. The van der Waals surface area contributed by atoms with Crippen molar-refractivity contribution in [1.82, 2.24) is 0 Å². The minimum absolute atomic E-state index is 0.244. The molecule has 0 atom stereocenters. The van der Waals surface area contributed by atoms with Crippen LogP contribution in [0.3, 0.4) is 0 Å². The molecule has 0 heterocycles. The van der Waals surface area contributed by atoms with Crippen LogP contribution in [-0.4, -0.2) is 24.4 Å². The molecule has 0 bridgehead atoms. The summed E-state index contributed by atoms with van der Waals surface area (Å²) in [6.45, 7) is 0.953. The van der Waals surface area contributed by atoms with E-state index in [0.29, 0.717) is 11.4 Å². The Morgan fingerprint density at radius 3 is 2.31 bits per heavy atom. The van der Waals surface area contributed by atoms with Gasteiger partial charge in [0.1, 0.15) is 0 Å². The monoisotopic (exact) mass is 388 g/mol. The second-order valence-electron chi connectivity index (χ2n) is 6.30. The molecule has 0 aliphatic rings. The number of esters is 1. The molecule has 0 radical (unpaired) electrons. The van der Waals surface area contributed by atoms with E-state index in [4.69, 9.17) is 4.74 Å². The highest BCUT2D eigenvalue weighted by Crippen LogP contribution is 2.27. The SMILES string of the molecule is CC(=O)Nc1cccc(C(=O)OCC(=O)Nc2ccccc2-c2ccccc2)c1. The highest BCUT2D eigenvalue weighted by molar-refractivity contribution is 5.99. The number of rotatable bonds is 6. The molecule has 6 nitrogen and oxygen atoms in total. The van der Waals surface area contributed by atoms with E-state index in [-0.39, 0.29) is 11.5 Å². The summed E-state index contributed by atoms with van der Waals surface area (Å²) in [4.78, 5) is 35.6. The van der Waals surface area contributed by atoms with Crippen molar-refractivity contribution in [3.8, 4) is 11.1 Å². The third kappa shape index (κ3) is 5.52. The van der Waals surface area contributed by atoms with Gasteiger partial charge >= 0.3 is 5.97 Å². The van der Waals surface area contributed by atoms with E-state index in [1.807, 2.05) is 48.5 Å². The second-order valence-corrected chi connectivity index (χ2v) is 6.30. The number of nitrogens with one attached hydrogen (secondary N) is 2. The summed E-state index contributed by atoms with van der Waals surface area (Å²) >= 11 is 0. The minimum Gasteiger partial charge on any atom is -0.452 e. The second kappa shape index (κ2) is 9.32. The zero-order valence-corrected chi connectivity index (χ0v) is 15.8. The fraction of sp³-hybridized carbons (Fsp3) is 0.0870. The van der Waals surface area contributed by atoms with Crippen LogP contribution in [0.15, 0.2) is 78.9 Å². The summed E-state index contributed by atoms with van der Waals surface area (Å²) in [5, 5.41) is 5.37. The molecule has 0 fully saturated rings. The number of carbonyl (C=O) groups excluding carboxylic acids is 3. The van der Waals surface area contributed by atoms with Gasteiger partial charge < -0.3 is 15.4 Å². The van der Waals surface area contributed by atoms with Crippen LogP contribution < -0.4 is 10.6 Å². The number of anilines is 2. The van der Waals surface area contributed by atoms with Gasteiger partial charge in [0.25, 0.3) is 5.91 Å². The highest BCUT2D eigenvalue weighted by atomic mass is 16.5. The number of hydrogen-bond donors (Lipinski definition) is 2. The maximum atomic E-state index is 12.3. The van der Waals surface area contributed by atoms with Crippen LogP contribution in [0, 0.1) is 0 Å². The van der Waals surface area contributed by atoms with E-state index < -0.39 is 18.5 Å². The van der Waals surface area contributed by atoms with Crippen molar-refractivity contribution in [3.63, 3.8) is 0 Å². The van der Waals surface area contributed by atoms with Crippen molar-refractivity contribution in [1.29, 1.82) is 0 Å². The van der Waals surface area contributed by atoms with Crippen LogP contribution in [0.25, 0.3) is 11.1 Å². The Balaban J connectivity index is 1.63. The maximum absolute atomic E-state index is 12.3. The Labute approximate surface area is 168 Å². The quantitative estimate of drug-likeness (QED) is 0.623. The summed E-state index contributed by atoms with van der Waals surface area (Å²) in [6.07, 6.45) is 0. The largest absolute Gasteiger partial charge is 0.452 e. The lowest BCUT2D eigenvalue weighted by Gasteiger charge is -2.12. The standard InChI is InChI=1S/C23H20N2O4/c1-16(26)24-19-11-7-10-18(14-19)23(28)29-15-22(27)25-21-13-6-5-12-20(21)17-8-3-2-4-9-17/h2-14H,15H2,1H3,(H,24,26)(H,25,27). The van der Waals surface area contributed by atoms with E-state index in [1.54, 1.807) is 24.3 Å². The van der Waals surface area contributed by atoms with Crippen LogP contribution in [0.4, 0.5) is 11.4 Å². The number of carbonyl (C=O) groups is 3. The predicted octanol–water partition coefficient (Wildman–Crippen LogP) is 4.11. The molecule has 2 N–H and O–H groups in total. The fourth-order valence-electron chi connectivity index (χ4n) is 2.79. The lowest BCUT2D eigenvalue weighted by molar-refractivity contribution is -0.119. The topological polar surface area (TPSA) is 84.5 Å². The van der Waals surface area contributed by atoms with Crippen molar-refractivity contribution in [3.05, 3.63) is 84.4 Å². The summed E-state index contributed by atoms with van der Waals surface area (Å²) in [5.41, 5.74) is 3.19. The first-order valence-corrected chi connectivity index (χ1v) is 9.02. The van der Waals surface area contributed by atoms with E-state index in [0.717, 1.165) is 11.1 Å². The molecule has 3 aromatic carbocycles. The third-order valence-corrected chi connectivity index (χ3v) is 4.04. The molecule has 0 aliphatic heterocycles. The van der Waals surface area contributed by atoms with E-state index in [9.17, 15) is 14.4 Å². The number of amides is 2. The van der Waals surface area contributed by atoms with Crippen molar-refractivity contribution in [2.75, 3.05) is 17.2 Å². The van der Waals surface area contributed by atoms with Crippen LogP contribution in [0.1, 0.15) is 17.3 Å². The van der Waals surface area contributed by atoms with Crippen LogP contribution >= 0.6 is 0 Å². The maximum Gasteiger partial charge on any atom is 0.338 e. The molecular formula is C23H20N2O4. The summed E-state index contributed by atoms with van der Waals surface area (Å²) < 4.78 is 5.10. The van der Waals surface area contributed by atoms with E-state index in [1.165, 1.54) is 13.0 Å². The minimum atomic E-state index is -0.649. The first kappa shape index (κ1) is 19.8. The van der Waals surface area contributed by atoms with E-state index >= 15 is 0 Å². The van der Waals surface area contributed by atoms with Crippen molar-refractivity contribution >= 4 is 29.2 Å². The van der Waals surface area contributed by atoms with Gasteiger partial charge in [-0.15, -0.1) is 0 Å². The molecule has 3 aromatic rings. The van der Waals surface area contributed by atoms with Crippen LogP contribution in [0.5, 0.6) is 0 Å². The first-order valence-electron chi connectivity index (χ1n) is 9.02. The van der Waals surface area contributed by atoms with Gasteiger partial charge in [-0.1, -0.05) is 54.6 Å². The summed E-state index contributed by atoms with van der Waals surface area (Å²) in [6, 6.07) is 23.4. The molecule has 0 aliphatic carbocycles. The average molecular weight is 388 g/mol. The third-order valence-electron chi connectivity index (χ3n) is 4.04. The Morgan fingerprint density at radius 2 is 1.55 bits per heavy atom. The first-order chi connectivity index (χ1) is 14.0. The van der Waals surface area contributed by atoms with Crippen molar-refractivity contribution < 1.29 is 19.1 Å². The van der Waals surface area contributed by atoms with Gasteiger partial charge in [-0.25, -0.2) is 4.79 Å². The number of hydrogen-bond acceptors (Lipinski definition) is 4. The van der Waals surface area contributed by atoms with Crippen LogP contribution in [0.2, 0.25) is 0 Å². The van der Waals surface area contributed by atoms with Gasteiger partial charge in [-0.2, -0.15) is 0 Å². The molecule has 3 rings (SSSR count). The number of para-hydroxylation sites is 1. The summed E-state index contributed by atoms with van der Waals surface area (Å²) in [7, 11) is 0. The zero-order valence-electron chi connectivity index (χ0n) is 15.8. The van der Waals surface area contributed by atoms with Gasteiger partial charge in [0.15, 0.2) is 6.61 Å².